The Morgan fingerprint density at radius 1 is 1.19 bits per heavy atom. The van der Waals surface area contributed by atoms with Crippen molar-refractivity contribution in [1.29, 1.82) is 0 Å². The van der Waals surface area contributed by atoms with Crippen LogP contribution in [0, 0.1) is 0 Å². The van der Waals surface area contributed by atoms with E-state index in [9.17, 15) is 0 Å². The molecule has 0 aliphatic carbocycles. The van der Waals surface area contributed by atoms with Gasteiger partial charge in [-0.05, 0) is 62.2 Å². The summed E-state index contributed by atoms with van der Waals surface area (Å²) in [5.41, 5.74) is 1.01. The summed E-state index contributed by atoms with van der Waals surface area (Å²) in [5, 5.41) is 4.08. The van der Waals surface area contributed by atoms with E-state index in [1.807, 2.05) is 18.2 Å². The van der Waals surface area contributed by atoms with Crippen LogP contribution in [-0.4, -0.2) is 0 Å². The maximum absolute atomic E-state index is 5.94. The Hall–Kier alpha value is -0.0300. The smallest absolute Gasteiger partial charge is 0.0702 e. The summed E-state index contributed by atoms with van der Waals surface area (Å²) in [6.07, 6.45) is 0. The average Bonchev–Trinajstić information content (AvgIpc) is 2.66. The molecule has 1 heterocycles. The number of hydrogen-bond donors (Lipinski definition) is 1. The van der Waals surface area contributed by atoms with Crippen molar-refractivity contribution in [3.63, 3.8) is 0 Å². The Labute approximate surface area is 120 Å². The average molecular weight is 382 g/mol. The fourth-order valence-electron chi connectivity index (χ4n) is 1.26. The largest absolute Gasteiger partial charge is 0.379 e. The minimum atomic E-state index is 0.734. The molecule has 0 fully saturated rings. The molecule has 0 saturated heterocycles. The first-order chi connectivity index (χ1) is 7.65. The molecule has 5 heteroatoms. The number of anilines is 1. The van der Waals surface area contributed by atoms with Gasteiger partial charge in [0.05, 0.1) is 9.47 Å². The van der Waals surface area contributed by atoms with Crippen molar-refractivity contribution >= 4 is 60.5 Å². The lowest BCUT2D eigenvalue weighted by Crippen LogP contribution is -1.97. The van der Waals surface area contributed by atoms with Gasteiger partial charge in [-0.2, -0.15) is 0 Å². The van der Waals surface area contributed by atoms with Gasteiger partial charge in [-0.15, -0.1) is 11.3 Å². The molecule has 1 nitrogen and oxygen atoms in total. The molecule has 0 atom stereocenters. The number of benzene rings is 1. The summed E-state index contributed by atoms with van der Waals surface area (Å²) >= 11 is 14.6. The number of hydrogen-bond acceptors (Lipinski definition) is 2. The molecule has 2 aromatic rings. The van der Waals surface area contributed by atoms with Gasteiger partial charge in [0.1, 0.15) is 0 Å². The Morgan fingerprint density at radius 3 is 2.69 bits per heavy atom. The molecule has 0 amide bonds. The molecule has 1 aromatic heterocycles. The third-order valence-electron chi connectivity index (χ3n) is 2.01. The van der Waals surface area contributed by atoms with Gasteiger partial charge in [0.2, 0.25) is 0 Å². The minimum absolute atomic E-state index is 0.734. The maximum Gasteiger partial charge on any atom is 0.0702 e. The predicted octanol–water partition coefficient (Wildman–Crippen LogP) is 5.54. The molecule has 84 valence electrons. The zero-order chi connectivity index (χ0) is 11.5. The van der Waals surface area contributed by atoms with E-state index in [1.165, 1.54) is 4.88 Å². The highest BCUT2D eigenvalue weighted by Crippen LogP contribution is 2.28. The van der Waals surface area contributed by atoms with Gasteiger partial charge < -0.3 is 5.32 Å². The molecule has 16 heavy (non-hydrogen) atoms. The van der Waals surface area contributed by atoms with Gasteiger partial charge in [0.15, 0.2) is 0 Å². The third kappa shape index (κ3) is 3.23. The van der Waals surface area contributed by atoms with Crippen LogP contribution in [0.1, 0.15) is 4.88 Å². The second-order valence-electron chi connectivity index (χ2n) is 3.18. The molecule has 0 bridgehead atoms. The quantitative estimate of drug-likeness (QED) is 0.736. The van der Waals surface area contributed by atoms with Crippen LogP contribution in [0.15, 0.2) is 38.6 Å². The van der Waals surface area contributed by atoms with E-state index in [0.717, 1.165) is 25.5 Å². The molecule has 0 spiro atoms. The molecule has 0 saturated carbocycles. The molecule has 0 unspecified atom stereocenters. The lowest BCUT2D eigenvalue weighted by atomic mass is 10.3. The highest BCUT2D eigenvalue weighted by Gasteiger charge is 2.02. The van der Waals surface area contributed by atoms with Crippen LogP contribution < -0.4 is 5.32 Å². The maximum atomic E-state index is 5.94. The van der Waals surface area contributed by atoms with Gasteiger partial charge in [0, 0.05) is 20.9 Å². The van der Waals surface area contributed by atoms with Crippen LogP contribution in [0.4, 0.5) is 5.69 Å². The number of nitrogens with one attached hydrogen (secondary N) is 1. The molecule has 0 radical (unpaired) electrons. The Bertz CT molecular complexity index is 498. The minimum Gasteiger partial charge on any atom is -0.379 e. The van der Waals surface area contributed by atoms with E-state index in [0.29, 0.717) is 0 Å². The summed E-state index contributed by atoms with van der Waals surface area (Å²) in [7, 11) is 0. The van der Waals surface area contributed by atoms with Gasteiger partial charge in [-0.1, -0.05) is 11.6 Å². The Balaban J connectivity index is 2.07. The van der Waals surface area contributed by atoms with Crippen LogP contribution in [-0.2, 0) is 6.54 Å². The predicted molar refractivity (Wildman–Crippen MR) is 78.5 cm³/mol. The second-order valence-corrected chi connectivity index (χ2v) is 7.02. The number of thiophene rings is 1. The Kier molecular flexibility index (Phi) is 4.30. The first kappa shape index (κ1) is 12.4. The summed E-state index contributed by atoms with van der Waals surface area (Å²) in [6, 6.07) is 9.86. The Morgan fingerprint density at radius 2 is 2.00 bits per heavy atom. The van der Waals surface area contributed by atoms with E-state index >= 15 is 0 Å². The number of halogens is 3. The number of rotatable bonds is 3. The zero-order valence-electron chi connectivity index (χ0n) is 8.14. The fourth-order valence-corrected chi connectivity index (χ4v) is 3.24. The fraction of sp³-hybridized carbons (Fsp3) is 0.0909. The van der Waals surface area contributed by atoms with Crippen molar-refractivity contribution < 1.29 is 0 Å². The standard InChI is InChI=1S/C11H8Br2ClNS/c12-9-3-1-7(14)5-10(9)15-6-8-2-4-11(13)16-8/h1-5,15H,6H2. The summed E-state index contributed by atoms with van der Waals surface area (Å²) < 4.78 is 2.17. The lowest BCUT2D eigenvalue weighted by molar-refractivity contribution is 1.19. The van der Waals surface area contributed by atoms with Crippen molar-refractivity contribution in [2.45, 2.75) is 6.54 Å². The van der Waals surface area contributed by atoms with E-state index in [1.54, 1.807) is 11.3 Å². The van der Waals surface area contributed by atoms with Gasteiger partial charge >= 0.3 is 0 Å². The highest BCUT2D eigenvalue weighted by molar-refractivity contribution is 9.11. The van der Waals surface area contributed by atoms with Gasteiger partial charge in [-0.25, -0.2) is 0 Å². The molecule has 0 aliphatic rings. The second kappa shape index (κ2) is 5.54. The molecular formula is C11H8Br2ClNS. The van der Waals surface area contributed by atoms with Crippen molar-refractivity contribution in [2.24, 2.45) is 0 Å². The van der Waals surface area contributed by atoms with Crippen molar-refractivity contribution in [3.05, 3.63) is 48.5 Å². The third-order valence-corrected chi connectivity index (χ3v) is 4.56. The van der Waals surface area contributed by atoms with E-state index in [4.69, 9.17) is 11.6 Å². The van der Waals surface area contributed by atoms with E-state index in [-0.39, 0.29) is 0 Å². The van der Waals surface area contributed by atoms with Crippen LogP contribution in [0.3, 0.4) is 0 Å². The molecule has 2 rings (SSSR count). The monoisotopic (exact) mass is 379 g/mol. The first-order valence-corrected chi connectivity index (χ1v) is 7.36. The molecule has 1 aromatic carbocycles. The van der Waals surface area contributed by atoms with E-state index in [2.05, 4.69) is 49.3 Å². The van der Waals surface area contributed by atoms with Crippen molar-refractivity contribution in [3.8, 4) is 0 Å². The van der Waals surface area contributed by atoms with E-state index < -0.39 is 0 Å². The summed E-state index contributed by atoms with van der Waals surface area (Å²) in [6.45, 7) is 0.801. The van der Waals surface area contributed by atoms with Crippen LogP contribution in [0.2, 0.25) is 5.02 Å². The van der Waals surface area contributed by atoms with Gasteiger partial charge in [0.25, 0.3) is 0 Å². The lowest BCUT2D eigenvalue weighted by Gasteiger charge is -2.07. The zero-order valence-corrected chi connectivity index (χ0v) is 12.9. The summed E-state index contributed by atoms with van der Waals surface area (Å²) in [5.74, 6) is 0. The highest BCUT2D eigenvalue weighted by atomic mass is 79.9. The molecular weight excluding hydrogens is 373 g/mol. The van der Waals surface area contributed by atoms with Crippen molar-refractivity contribution in [1.82, 2.24) is 0 Å². The van der Waals surface area contributed by atoms with Crippen molar-refractivity contribution in [2.75, 3.05) is 5.32 Å². The van der Waals surface area contributed by atoms with Gasteiger partial charge in [-0.3, -0.25) is 0 Å². The van der Waals surface area contributed by atoms with Crippen LogP contribution >= 0.6 is 54.8 Å². The molecule has 0 aliphatic heterocycles. The van der Waals surface area contributed by atoms with Crippen LogP contribution in [0.25, 0.3) is 0 Å². The van der Waals surface area contributed by atoms with Crippen LogP contribution in [0.5, 0.6) is 0 Å². The molecule has 1 N–H and O–H groups in total. The normalized spacial score (nSPS) is 10.4. The first-order valence-electron chi connectivity index (χ1n) is 4.58. The summed E-state index contributed by atoms with van der Waals surface area (Å²) in [4.78, 5) is 1.28. The SMILES string of the molecule is Clc1ccc(Br)c(NCc2ccc(Br)s2)c1. The topological polar surface area (TPSA) is 12.0 Å².